The average molecular weight is 1310 g/mol. The molecule has 0 aromatic heterocycles. The fraction of sp³-hybridized carbons (Fsp3) is 0.943. The molecule has 0 fully saturated rings. The van der Waals surface area contributed by atoms with Crippen LogP contribution in [-0.4, -0.2) is 96.7 Å². The lowest BCUT2D eigenvalue weighted by molar-refractivity contribution is -0.161. The van der Waals surface area contributed by atoms with E-state index < -0.39 is 97.5 Å². The highest BCUT2D eigenvalue weighted by atomic mass is 31.2. The SMILES string of the molecule is CCCCCCCCCCCCCCCCCCCCC(=O)O[C@H](COC(=O)CCCCCCCCCCCCCCC)COP(=O)(O)OC[C@@H](O)COP(=O)(O)OC[C@@H](COC(=O)CCCCCCCCCC)OC(=O)CCCCCCCCC(C)CC. The van der Waals surface area contributed by atoms with E-state index in [0.29, 0.717) is 25.7 Å². The third-order valence-electron chi connectivity index (χ3n) is 16.6. The van der Waals surface area contributed by atoms with Crippen molar-refractivity contribution in [2.75, 3.05) is 39.6 Å². The lowest BCUT2D eigenvalue weighted by Gasteiger charge is -2.21. The van der Waals surface area contributed by atoms with Gasteiger partial charge < -0.3 is 33.8 Å². The first-order valence-electron chi connectivity index (χ1n) is 36.7. The summed E-state index contributed by atoms with van der Waals surface area (Å²) in [6, 6.07) is 0. The van der Waals surface area contributed by atoms with Gasteiger partial charge in [-0.1, -0.05) is 311 Å². The van der Waals surface area contributed by atoms with E-state index in [1.807, 2.05) is 0 Å². The van der Waals surface area contributed by atoms with E-state index >= 15 is 0 Å². The highest BCUT2D eigenvalue weighted by Crippen LogP contribution is 2.45. The molecule has 89 heavy (non-hydrogen) atoms. The average Bonchev–Trinajstić information content (AvgIpc) is 3.53. The van der Waals surface area contributed by atoms with E-state index in [-0.39, 0.29) is 25.7 Å². The molecule has 0 spiro atoms. The third kappa shape index (κ3) is 63.2. The first-order valence-corrected chi connectivity index (χ1v) is 39.7. The van der Waals surface area contributed by atoms with Crippen LogP contribution in [0.2, 0.25) is 0 Å². The van der Waals surface area contributed by atoms with Crippen molar-refractivity contribution in [1.29, 1.82) is 0 Å². The van der Waals surface area contributed by atoms with E-state index in [1.165, 1.54) is 180 Å². The highest BCUT2D eigenvalue weighted by molar-refractivity contribution is 7.47. The van der Waals surface area contributed by atoms with Crippen molar-refractivity contribution in [3.05, 3.63) is 0 Å². The predicted octanol–water partition coefficient (Wildman–Crippen LogP) is 20.1. The number of rotatable bonds is 70. The number of unbranched alkanes of at least 4 members (excludes halogenated alkanes) is 41. The zero-order valence-electron chi connectivity index (χ0n) is 57.6. The van der Waals surface area contributed by atoms with Crippen LogP contribution in [0.1, 0.15) is 362 Å². The smallest absolute Gasteiger partial charge is 0.462 e. The van der Waals surface area contributed by atoms with Crippen LogP contribution in [0.5, 0.6) is 0 Å². The van der Waals surface area contributed by atoms with Crippen molar-refractivity contribution in [1.82, 2.24) is 0 Å². The molecule has 0 radical (unpaired) electrons. The zero-order valence-corrected chi connectivity index (χ0v) is 59.4. The van der Waals surface area contributed by atoms with E-state index in [4.69, 9.17) is 37.0 Å². The van der Waals surface area contributed by atoms with E-state index in [9.17, 15) is 43.2 Å². The van der Waals surface area contributed by atoms with Crippen molar-refractivity contribution in [3.63, 3.8) is 0 Å². The van der Waals surface area contributed by atoms with E-state index in [2.05, 4.69) is 34.6 Å². The molecule has 0 rings (SSSR count). The van der Waals surface area contributed by atoms with Crippen molar-refractivity contribution in [2.24, 2.45) is 5.92 Å². The van der Waals surface area contributed by atoms with Crippen molar-refractivity contribution < 1.29 is 80.2 Å². The highest BCUT2D eigenvalue weighted by Gasteiger charge is 2.30. The molecule has 528 valence electrons. The number of phosphoric ester groups is 2. The number of carbonyl (C=O) groups excluding carboxylic acids is 4. The summed E-state index contributed by atoms with van der Waals surface area (Å²) in [6.07, 6.45) is 50.1. The fourth-order valence-corrected chi connectivity index (χ4v) is 12.2. The molecule has 0 saturated carbocycles. The van der Waals surface area contributed by atoms with Gasteiger partial charge in [0, 0.05) is 25.7 Å². The van der Waals surface area contributed by atoms with Gasteiger partial charge in [0.1, 0.15) is 19.3 Å². The van der Waals surface area contributed by atoms with Gasteiger partial charge in [-0.05, 0) is 31.6 Å². The Kier molecular flexibility index (Phi) is 62.1. The molecule has 0 aliphatic heterocycles. The van der Waals surface area contributed by atoms with Crippen molar-refractivity contribution in [3.8, 4) is 0 Å². The third-order valence-corrected chi connectivity index (χ3v) is 18.5. The summed E-state index contributed by atoms with van der Waals surface area (Å²) in [5.74, 6) is -1.41. The summed E-state index contributed by atoms with van der Waals surface area (Å²) in [5, 5.41) is 10.6. The first kappa shape index (κ1) is 87.1. The fourth-order valence-electron chi connectivity index (χ4n) is 10.6. The van der Waals surface area contributed by atoms with Crippen LogP contribution in [0, 0.1) is 5.92 Å². The monoisotopic (exact) mass is 1310 g/mol. The van der Waals surface area contributed by atoms with Gasteiger partial charge in [-0.15, -0.1) is 0 Å². The summed E-state index contributed by atoms with van der Waals surface area (Å²) < 4.78 is 68.2. The second-order valence-electron chi connectivity index (χ2n) is 25.5. The molecule has 0 heterocycles. The second kappa shape index (κ2) is 63.5. The molecule has 0 bridgehead atoms. The number of hydrogen-bond donors (Lipinski definition) is 3. The van der Waals surface area contributed by atoms with Gasteiger partial charge in [0.05, 0.1) is 26.4 Å². The van der Waals surface area contributed by atoms with E-state index in [0.717, 1.165) is 102 Å². The van der Waals surface area contributed by atoms with Gasteiger partial charge in [-0.25, -0.2) is 9.13 Å². The predicted molar refractivity (Wildman–Crippen MR) is 358 cm³/mol. The molecule has 19 heteroatoms. The van der Waals surface area contributed by atoms with Crippen LogP contribution in [0.15, 0.2) is 0 Å². The number of ether oxygens (including phenoxy) is 4. The maximum Gasteiger partial charge on any atom is 0.472 e. The van der Waals surface area contributed by atoms with Gasteiger partial charge in [0.2, 0.25) is 0 Å². The number of aliphatic hydroxyl groups is 1. The van der Waals surface area contributed by atoms with E-state index in [1.54, 1.807) is 0 Å². The standard InChI is InChI=1S/C70H136O17P2/c1-6-10-13-16-19-22-24-26-27-28-29-30-32-34-36-39-45-50-55-69(74)86-65(59-81-68(73)54-49-44-38-35-33-31-25-23-20-17-14-11-7-2)61-84-88(76,77)82-57-64(71)58-83-89(78,79)85-62-66(60-80-67(72)53-48-43-37-21-18-15-12-8-3)87-70(75)56-51-46-41-40-42-47-52-63(5)9-4/h63-66,71H,6-62H2,1-5H3,(H,76,77)(H,78,79)/t63?,64-,65-,66-/m1/s1. The number of esters is 4. The zero-order chi connectivity index (χ0) is 65.6. The Labute approximate surface area is 543 Å². The molecule has 0 aliphatic carbocycles. The number of aliphatic hydroxyl groups excluding tert-OH is 1. The minimum atomic E-state index is -4.95. The minimum absolute atomic E-state index is 0.103. The van der Waals surface area contributed by atoms with Gasteiger partial charge in [-0.3, -0.25) is 37.3 Å². The topological polar surface area (TPSA) is 237 Å². The van der Waals surface area contributed by atoms with Crippen LogP contribution in [0.3, 0.4) is 0 Å². The van der Waals surface area contributed by atoms with Gasteiger partial charge in [0.25, 0.3) is 0 Å². The molecule has 0 aromatic rings. The van der Waals surface area contributed by atoms with Crippen molar-refractivity contribution >= 4 is 39.5 Å². The maximum atomic E-state index is 13.0. The van der Waals surface area contributed by atoms with Crippen LogP contribution in [0.4, 0.5) is 0 Å². The Morgan fingerprint density at radius 3 is 0.798 bits per heavy atom. The summed E-state index contributed by atoms with van der Waals surface area (Å²) in [5.41, 5.74) is 0. The van der Waals surface area contributed by atoms with Crippen LogP contribution < -0.4 is 0 Å². The lowest BCUT2D eigenvalue weighted by Crippen LogP contribution is -2.30. The normalized spacial score (nSPS) is 14.4. The van der Waals surface area contributed by atoms with Crippen LogP contribution >= 0.6 is 15.6 Å². The Morgan fingerprint density at radius 1 is 0.315 bits per heavy atom. The quantitative estimate of drug-likeness (QED) is 0.0222. The number of carbonyl (C=O) groups is 4. The molecule has 0 aromatic carbocycles. The maximum absolute atomic E-state index is 13.0. The first-order chi connectivity index (χ1) is 43.1. The number of phosphoric acid groups is 2. The molecule has 0 amide bonds. The molecule has 3 N–H and O–H groups in total. The molecular weight excluding hydrogens is 1170 g/mol. The Morgan fingerprint density at radius 2 is 0.539 bits per heavy atom. The van der Waals surface area contributed by atoms with Crippen molar-refractivity contribution in [2.45, 2.75) is 380 Å². The molecular formula is C70H136O17P2. The minimum Gasteiger partial charge on any atom is -0.462 e. The molecule has 6 atom stereocenters. The summed E-state index contributed by atoms with van der Waals surface area (Å²) in [7, 11) is -9.89. The number of hydrogen-bond acceptors (Lipinski definition) is 15. The van der Waals surface area contributed by atoms with Gasteiger partial charge in [0.15, 0.2) is 12.2 Å². The Hall–Kier alpha value is -1.94. The molecule has 0 aliphatic rings. The summed E-state index contributed by atoms with van der Waals surface area (Å²) in [4.78, 5) is 72.4. The van der Waals surface area contributed by atoms with Crippen LogP contribution in [0.25, 0.3) is 0 Å². The van der Waals surface area contributed by atoms with Crippen LogP contribution in [-0.2, 0) is 65.4 Å². The summed E-state index contributed by atoms with van der Waals surface area (Å²) in [6.45, 7) is 7.17. The Bertz CT molecular complexity index is 1720. The lowest BCUT2D eigenvalue weighted by atomic mass is 10.00. The largest absolute Gasteiger partial charge is 0.472 e. The van der Waals surface area contributed by atoms with Gasteiger partial charge >= 0.3 is 39.5 Å². The second-order valence-corrected chi connectivity index (χ2v) is 28.4. The molecule has 17 nitrogen and oxygen atoms in total. The Balaban J connectivity index is 5.20. The molecule has 3 unspecified atom stereocenters. The summed E-state index contributed by atoms with van der Waals surface area (Å²) >= 11 is 0. The molecule has 0 saturated heterocycles. The van der Waals surface area contributed by atoms with Gasteiger partial charge in [-0.2, -0.15) is 0 Å².